The molecule has 1 aromatic rings. The first-order valence-electron chi connectivity index (χ1n) is 4.92. The van der Waals surface area contributed by atoms with E-state index in [1.807, 2.05) is 19.4 Å². The van der Waals surface area contributed by atoms with Crippen LogP contribution < -0.4 is 5.32 Å². The van der Waals surface area contributed by atoms with E-state index in [0.29, 0.717) is 6.04 Å². The summed E-state index contributed by atoms with van der Waals surface area (Å²) in [5.41, 5.74) is 1.33. The minimum absolute atomic E-state index is 0.438. The van der Waals surface area contributed by atoms with Gasteiger partial charge in [-0.2, -0.15) is 0 Å². The highest BCUT2D eigenvalue weighted by Gasteiger charge is 2.04. The number of nitrogens with zero attached hydrogens (tertiary/aromatic N) is 1. The number of methoxy groups -OCH3 is 1. The van der Waals surface area contributed by atoms with Gasteiger partial charge >= 0.3 is 0 Å². The number of likely N-dealkylation sites (N-methyl/N-ethyl adjacent to an activating group) is 1. The number of nitrogens with one attached hydrogen (secondary N) is 1. The zero-order chi connectivity index (χ0) is 10.2. The Kier molecular flexibility index (Phi) is 5.19. The van der Waals surface area contributed by atoms with Gasteiger partial charge in [-0.25, -0.2) is 0 Å². The molecule has 3 heteroatoms. The third kappa shape index (κ3) is 3.85. The summed E-state index contributed by atoms with van der Waals surface area (Å²) in [6.07, 6.45) is 5.83. The summed E-state index contributed by atoms with van der Waals surface area (Å²) in [6.45, 7) is 0.765. The number of rotatable bonds is 6. The van der Waals surface area contributed by atoms with Crippen LogP contribution in [0.15, 0.2) is 24.5 Å². The molecule has 0 radical (unpaired) electrons. The Labute approximate surface area is 85.5 Å². The fraction of sp³-hybridized carbons (Fsp3) is 0.545. The molecule has 1 heterocycles. The molecule has 14 heavy (non-hydrogen) atoms. The molecule has 1 N–H and O–H groups in total. The number of aryl methyl sites for hydroxylation is 1. The van der Waals surface area contributed by atoms with E-state index in [9.17, 15) is 0 Å². The standard InChI is InChI=1S/C11H18N2O/c1-12-11(9-14-2)4-3-10-5-7-13-8-6-10/h5-8,11-12H,3-4,9H2,1-2H3. The molecule has 1 aromatic heterocycles. The maximum absolute atomic E-state index is 5.11. The van der Waals surface area contributed by atoms with Crippen molar-refractivity contribution in [1.82, 2.24) is 10.3 Å². The van der Waals surface area contributed by atoms with Gasteiger partial charge in [-0.3, -0.25) is 4.98 Å². The topological polar surface area (TPSA) is 34.2 Å². The number of pyridine rings is 1. The summed E-state index contributed by atoms with van der Waals surface area (Å²) in [5.74, 6) is 0. The molecule has 3 nitrogen and oxygen atoms in total. The van der Waals surface area contributed by atoms with Gasteiger partial charge in [-0.05, 0) is 37.6 Å². The second kappa shape index (κ2) is 6.51. The molecule has 0 aliphatic carbocycles. The van der Waals surface area contributed by atoms with Gasteiger partial charge in [0.05, 0.1) is 6.61 Å². The second-order valence-corrected chi connectivity index (χ2v) is 3.34. The van der Waals surface area contributed by atoms with Crippen molar-refractivity contribution >= 4 is 0 Å². The Morgan fingerprint density at radius 2 is 2.14 bits per heavy atom. The van der Waals surface area contributed by atoms with Crippen molar-refractivity contribution in [1.29, 1.82) is 0 Å². The van der Waals surface area contributed by atoms with E-state index in [0.717, 1.165) is 19.4 Å². The van der Waals surface area contributed by atoms with Crippen molar-refractivity contribution in [3.8, 4) is 0 Å². The smallest absolute Gasteiger partial charge is 0.0615 e. The average Bonchev–Trinajstić information content (AvgIpc) is 2.25. The van der Waals surface area contributed by atoms with Gasteiger partial charge in [-0.15, -0.1) is 0 Å². The normalized spacial score (nSPS) is 12.7. The van der Waals surface area contributed by atoms with E-state index in [4.69, 9.17) is 4.74 Å². The molecule has 0 saturated carbocycles. The summed E-state index contributed by atoms with van der Waals surface area (Å²) >= 11 is 0. The van der Waals surface area contributed by atoms with Gasteiger partial charge in [0.2, 0.25) is 0 Å². The number of aromatic nitrogens is 1. The van der Waals surface area contributed by atoms with Gasteiger partial charge in [-0.1, -0.05) is 0 Å². The zero-order valence-corrected chi connectivity index (χ0v) is 8.86. The first kappa shape index (κ1) is 11.1. The predicted octanol–water partition coefficient (Wildman–Crippen LogP) is 1.25. The van der Waals surface area contributed by atoms with Gasteiger partial charge in [0.1, 0.15) is 0 Å². The molecule has 1 atom stereocenters. The lowest BCUT2D eigenvalue weighted by atomic mass is 10.1. The van der Waals surface area contributed by atoms with Crippen LogP contribution in [0, 0.1) is 0 Å². The lowest BCUT2D eigenvalue weighted by molar-refractivity contribution is 0.166. The van der Waals surface area contributed by atoms with Gasteiger partial charge in [0.15, 0.2) is 0 Å². The van der Waals surface area contributed by atoms with E-state index in [1.165, 1.54) is 5.56 Å². The van der Waals surface area contributed by atoms with E-state index in [2.05, 4.69) is 22.4 Å². The predicted molar refractivity (Wildman–Crippen MR) is 57.3 cm³/mol. The molecule has 0 aliphatic heterocycles. The molecule has 0 bridgehead atoms. The highest BCUT2D eigenvalue weighted by Crippen LogP contribution is 2.03. The van der Waals surface area contributed by atoms with Crippen LogP contribution in [0.2, 0.25) is 0 Å². The molecular weight excluding hydrogens is 176 g/mol. The summed E-state index contributed by atoms with van der Waals surface area (Å²) < 4.78 is 5.11. The van der Waals surface area contributed by atoms with Crippen LogP contribution in [0.25, 0.3) is 0 Å². The van der Waals surface area contributed by atoms with Crippen LogP contribution in [-0.4, -0.2) is 31.8 Å². The molecule has 78 valence electrons. The number of hydrogen-bond donors (Lipinski definition) is 1. The Morgan fingerprint density at radius 1 is 1.43 bits per heavy atom. The molecule has 0 aliphatic rings. The molecular formula is C11H18N2O. The summed E-state index contributed by atoms with van der Waals surface area (Å²) in [7, 11) is 3.70. The van der Waals surface area contributed by atoms with E-state index < -0.39 is 0 Å². The SMILES string of the molecule is CNC(CCc1ccncc1)COC. The molecule has 1 unspecified atom stereocenters. The van der Waals surface area contributed by atoms with Crippen LogP contribution >= 0.6 is 0 Å². The van der Waals surface area contributed by atoms with Crippen LogP contribution in [0.1, 0.15) is 12.0 Å². The molecule has 0 saturated heterocycles. The Morgan fingerprint density at radius 3 is 2.71 bits per heavy atom. The van der Waals surface area contributed by atoms with Crippen molar-refractivity contribution in [2.24, 2.45) is 0 Å². The number of ether oxygens (including phenoxy) is 1. The maximum Gasteiger partial charge on any atom is 0.0615 e. The van der Waals surface area contributed by atoms with Gasteiger partial charge in [0.25, 0.3) is 0 Å². The largest absolute Gasteiger partial charge is 0.383 e. The highest BCUT2D eigenvalue weighted by atomic mass is 16.5. The Hall–Kier alpha value is -0.930. The quantitative estimate of drug-likeness (QED) is 0.740. The van der Waals surface area contributed by atoms with Crippen molar-refractivity contribution in [2.45, 2.75) is 18.9 Å². The van der Waals surface area contributed by atoms with E-state index >= 15 is 0 Å². The van der Waals surface area contributed by atoms with Crippen LogP contribution in [0.5, 0.6) is 0 Å². The van der Waals surface area contributed by atoms with Crippen molar-refractivity contribution in [2.75, 3.05) is 20.8 Å². The summed E-state index contributed by atoms with van der Waals surface area (Å²) in [5, 5.41) is 3.23. The van der Waals surface area contributed by atoms with Crippen molar-refractivity contribution < 1.29 is 4.74 Å². The molecule has 0 amide bonds. The first-order chi connectivity index (χ1) is 6.86. The van der Waals surface area contributed by atoms with Crippen LogP contribution in [0.3, 0.4) is 0 Å². The van der Waals surface area contributed by atoms with Crippen molar-refractivity contribution in [3.63, 3.8) is 0 Å². The minimum atomic E-state index is 0.438. The van der Waals surface area contributed by atoms with Gasteiger partial charge < -0.3 is 10.1 Å². The third-order valence-corrected chi connectivity index (χ3v) is 2.31. The average molecular weight is 194 g/mol. The minimum Gasteiger partial charge on any atom is -0.383 e. The molecule has 0 spiro atoms. The monoisotopic (exact) mass is 194 g/mol. The number of hydrogen-bond acceptors (Lipinski definition) is 3. The van der Waals surface area contributed by atoms with E-state index in [1.54, 1.807) is 7.11 Å². The molecule has 0 aromatic carbocycles. The summed E-state index contributed by atoms with van der Waals surface area (Å²) in [6, 6.07) is 4.55. The second-order valence-electron chi connectivity index (χ2n) is 3.34. The Balaban J connectivity index is 2.32. The fourth-order valence-electron chi connectivity index (χ4n) is 1.40. The van der Waals surface area contributed by atoms with Crippen LogP contribution in [0.4, 0.5) is 0 Å². The maximum atomic E-state index is 5.11. The third-order valence-electron chi connectivity index (χ3n) is 2.31. The Bertz CT molecular complexity index is 238. The lowest BCUT2D eigenvalue weighted by Crippen LogP contribution is -2.30. The zero-order valence-electron chi connectivity index (χ0n) is 8.86. The molecule has 0 fully saturated rings. The van der Waals surface area contributed by atoms with Crippen molar-refractivity contribution in [3.05, 3.63) is 30.1 Å². The lowest BCUT2D eigenvalue weighted by Gasteiger charge is -2.14. The highest BCUT2D eigenvalue weighted by molar-refractivity contribution is 5.09. The molecule has 1 rings (SSSR count). The first-order valence-corrected chi connectivity index (χ1v) is 4.92. The van der Waals surface area contributed by atoms with Crippen LogP contribution in [-0.2, 0) is 11.2 Å². The fourth-order valence-corrected chi connectivity index (χ4v) is 1.40. The summed E-state index contributed by atoms with van der Waals surface area (Å²) in [4.78, 5) is 3.99. The van der Waals surface area contributed by atoms with Gasteiger partial charge in [0, 0.05) is 25.5 Å². The van der Waals surface area contributed by atoms with E-state index in [-0.39, 0.29) is 0 Å².